The zero-order chi connectivity index (χ0) is 17.6. The summed E-state index contributed by atoms with van der Waals surface area (Å²) in [6.45, 7) is 6.59. The van der Waals surface area contributed by atoms with E-state index < -0.39 is 0 Å². The molecule has 1 N–H and O–H groups in total. The maximum Gasteiger partial charge on any atom is 0.251 e. The van der Waals surface area contributed by atoms with E-state index >= 15 is 0 Å². The van der Waals surface area contributed by atoms with E-state index in [-0.39, 0.29) is 11.8 Å². The van der Waals surface area contributed by atoms with Crippen LogP contribution in [-0.4, -0.2) is 38.1 Å². The highest BCUT2D eigenvalue weighted by atomic mass is 16.5. The molecule has 3 rings (SSSR count). The summed E-state index contributed by atoms with van der Waals surface area (Å²) in [5.41, 5.74) is 2.49. The van der Waals surface area contributed by atoms with Gasteiger partial charge < -0.3 is 15.0 Å². The highest BCUT2D eigenvalue weighted by molar-refractivity contribution is 6.04. The van der Waals surface area contributed by atoms with Gasteiger partial charge >= 0.3 is 0 Å². The van der Waals surface area contributed by atoms with Gasteiger partial charge in [-0.25, -0.2) is 0 Å². The van der Waals surface area contributed by atoms with Crippen molar-refractivity contribution in [2.45, 2.75) is 32.1 Å². The number of nitrogens with zero attached hydrogens (tertiary/aromatic N) is 1. The molecule has 0 unspecified atom stereocenters. The van der Waals surface area contributed by atoms with Crippen molar-refractivity contribution < 1.29 is 14.3 Å². The summed E-state index contributed by atoms with van der Waals surface area (Å²) in [5, 5.41) is 3.05. The molecule has 2 aliphatic heterocycles. The van der Waals surface area contributed by atoms with Crippen LogP contribution in [0.5, 0.6) is 0 Å². The Morgan fingerprint density at radius 3 is 2.88 bits per heavy atom. The predicted molar refractivity (Wildman–Crippen MR) is 97.8 cm³/mol. The fourth-order valence-corrected chi connectivity index (χ4v) is 3.70. The Labute approximate surface area is 149 Å². The number of amides is 2. The number of rotatable bonds is 5. The van der Waals surface area contributed by atoms with E-state index in [1.165, 1.54) is 6.08 Å². The maximum absolute atomic E-state index is 12.6. The molecule has 0 spiro atoms. The highest BCUT2D eigenvalue weighted by Crippen LogP contribution is 2.30. The summed E-state index contributed by atoms with van der Waals surface area (Å²) in [7, 11) is 0. The van der Waals surface area contributed by atoms with Gasteiger partial charge in [0.1, 0.15) is 0 Å². The summed E-state index contributed by atoms with van der Waals surface area (Å²) in [4.78, 5) is 26.4. The first-order valence-electron chi connectivity index (χ1n) is 9.12. The minimum Gasteiger partial charge on any atom is -0.381 e. The molecule has 1 saturated heterocycles. The molecular weight excluding hydrogens is 316 g/mol. The van der Waals surface area contributed by atoms with Gasteiger partial charge in [0.25, 0.3) is 5.91 Å². The van der Waals surface area contributed by atoms with Gasteiger partial charge in [-0.2, -0.15) is 0 Å². The second-order valence-corrected chi connectivity index (χ2v) is 6.70. The fraction of sp³-hybridized carbons (Fsp3) is 0.500. The Bertz CT molecular complexity index is 650. The molecule has 2 aliphatic rings. The van der Waals surface area contributed by atoms with Gasteiger partial charge in [-0.3, -0.25) is 9.59 Å². The lowest BCUT2D eigenvalue weighted by atomic mass is 9.95. The van der Waals surface area contributed by atoms with Crippen molar-refractivity contribution in [1.29, 1.82) is 0 Å². The Morgan fingerprint density at radius 2 is 2.12 bits per heavy atom. The van der Waals surface area contributed by atoms with Gasteiger partial charge in [0.2, 0.25) is 5.91 Å². The molecule has 5 heteroatoms. The molecule has 5 nitrogen and oxygen atoms in total. The third-order valence-corrected chi connectivity index (χ3v) is 5.11. The number of nitrogens with one attached hydrogen (secondary N) is 1. The summed E-state index contributed by atoms with van der Waals surface area (Å²) in [6, 6.07) is 5.61. The van der Waals surface area contributed by atoms with Crippen molar-refractivity contribution in [1.82, 2.24) is 5.32 Å². The lowest BCUT2D eigenvalue weighted by Crippen LogP contribution is -2.35. The smallest absolute Gasteiger partial charge is 0.251 e. The van der Waals surface area contributed by atoms with Crippen molar-refractivity contribution in [3.63, 3.8) is 0 Å². The fourth-order valence-electron chi connectivity index (χ4n) is 3.70. The number of ether oxygens (including phenoxy) is 1. The number of carbonyl (C=O) groups excluding carboxylic acids is 2. The molecular formula is C20H26N2O3. The minimum absolute atomic E-state index is 0.0446. The quantitative estimate of drug-likeness (QED) is 0.837. The second-order valence-electron chi connectivity index (χ2n) is 6.70. The number of anilines is 1. The molecule has 1 aromatic carbocycles. The lowest BCUT2D eigenvalue weighted by molar-refractivity contribution is -0.114. The number of carbonyl (C=O) groups is 2. The third kappa shape index (κ3) is 4.10. The van der Waals surface area contributed by atoms with Crippen LogP contribution in [0, 0.1) is 5.92 Å². The SMILES string of the molecule is C=CC(=O)N1CCCc2c(C(=O)NCCC3CCOCC3)cccc21. The average molecular weight is 342 g/mol. The Hall–Kier alpha value is -2.14. The molecule has 1 fully saturated rings. The van der Waals surface area contributed by atoms with E-state index in [1.54, 1.807) is 4.90 Å². The van der Waals surface area contributed by atoms with Crippen LogP contribution in [0.3, 0.4) is 0 Å². The van der Waals surface area contributed by atoms with E-state index in [0.717, 1.165) is 56.6 Å². The van der Waals surface area contributed by atoms with Gasteiger partial charge in [-0.05, 0) is 61.8 Å². The van der Waals surface area contributed by atoms with Gasteiger partial charge in [0, 0.05) is 37.6 Å². The van der Waals surface area contributed by atoms with E-state index in [9.17, 15) is 9.59 Å². The molecule has 0 atom stereocenters. The molecule has 0 bridgehead atoms. The van der Waals surface area contributed by atoms with E-state index in [4.69, 9.17) is 4.74 Å². The number of fused-ring (bicyclic) bond motifs is 1. The molecule has 0 aromatic heterocycles. The summed E-state index contributed by atoms with van der Waals surface area (Å²) < 4.78 is 5.37. The average Bonchev–Trinajstić information content (AvgIpc) is 2.67. The van der Waals surface area contributed by atoms with Crippen LogP contribution in [0.25, 0.3) is 0 Å². The minimum atomic E-state index is -0.113. The van der Waals surface area contributed by atoms with Crippen LogP contribution in [0.15, 0.2) is 30.9 Å². The molecule has 0 saturated carbocycles. The van der Waals surface area contributed by atoms with E-state index in [1.807, 2.05) is 18.2 Å². The maximum atomic E-state index is 12.6. The van der Waals surface area contributed by atoms with Crippen LogP contribution in [0.4, 0.5) is 5.69 Å². The van der Waals surface area contributed by atoms with Crippen LogP contribution in [-0.2, 0) is 16.0 Å². The van der Waals surface area contributed by atoms with Crippen molar-refractivity contribution >= 4 is 17.5 Å². The highest BCUT2D eigenvalue weighted by Gasteiger charge is 2.24. The monoisotopic (exact) mass is 342 g/mol. The molecule has 2 amide bonds. The number of benzene rings is 1. The summed E-state index contributed by atoms with van der Waals surface area (Å²) in [6.07, 6.45) is 6.16. The van der Waals surface area contributed by atoms with E-state index in [2.05, 4.69) is 11.9 Å². The third-order valence-electron chi connectivity index (χ3n) is 5.11. The normalized spacial score (nSPS) is 17.7. The van der Waals surface area contributed by atoms with Crippen molar-refractivity contribution in [3.05, 3.63) is 42.0 Å². The number of hydrogen-bond donors (Lipinski definition) is 1. The topological polar surface area (TPSA) is 58.6 Å². The van der Waals surface area contributed by atoms with Crippen molar-refractivity contribution in [2.75, 3.05) is 31.2 Å². The Morgan fingerprint density at radius 1 is 1.32 bits per heavy atom. The number of hydrogen-bond acceptors (Lipinski definition) is 3. The second kappa shape index (κ2) is 8.30. The largest absolute Gasteiger partial charge is 0.381 e. The predicted octanol–water partition coefficient (Wildman–Crippen LogP) is 2.70. The molecule has 2 heterocycles. The zero-order valence-electron chi connectivity index (χ0n) is 14.6. The van der Waals surface area contributed by atoms with Crippen LogP contribution in [0.1, 0.15) is 41.6 Å². The van der Waals surface area contributed by atoms with Gasteiger partial charge in [0.05, 0.1) is 0 Å². The molecule has 0 aliphatic carbocycles. The summed E-state index contributed by atoms with van der Waals surface area (Å²) in [5.74, 6) is 0.481. The van der Waals surface area contributed by atoms with E-state index in [0.29, 0.717) is 24.6 Å². The van der Waals surface area contributed by atoms with Crippen LogP contribution in [0.2, 0.25) is 0 Å². The van der Waals surface area contributed by atoms with Crippen LogP contribution >= 0.6 is 0 Å². The van der Waals surface area contributed by atoms with Crippen molar-refractivity contribution in [2.24, 2.45) is 5.92 Å². The summed E-state index contributed by atoms with van der Waals surface area (Å²) >= 11 is 0. The molecule has 1 aromatic rings. The van der Waals surface area contributed by atoms with Crippen LogP contribution < -0.4 is 10.2 Å². The van der Waals surface area contributed by atoms with Gasteiger partial charge in [-0.15, -0.1) is 0 Å². The van der Waals surface area contributed by atoms with Gasteiger partial charge in [-0.1, -0.05) is 12.6 Å². The lowest BCUT2D eigenvalue weighted by Gasteiger charge is -2.30. The van der Waals surface area contributed by atoms with Crippen molar-refractivity contribution in [3.8, 4) is 0 Å². The Kier molecular flexibility index (Phi) is 5.87. The standard InChI is InChI=1S/C20H26N2O3/c1-2-19(23)22-12-4-6-16-17(5-3-7-18(16)22)20(24)21-11-8-15-9-13-25-14-10-15/h2-3,5,7,15H,1,4,6,8-14H2,(H,21,24). The Balaban J connectivity index is 1.66. The molecule has 134 valence electrons. The first kappa shape index (κ1) is 17.7. The van der Waals surface area contributed by atoms with Gasteiger partial charge in [0.15, 0.2) is 0 Å². The molecule has 25 heavy (non-hydrogen) atoms. The first-order chi connectivity index (χ1) is 12.2. The first-order valence-corrected chi connectivity index (χ1v) is 9.12. The zero-order valence-corrected chi connectivity index (χ0v) is 14.6. The molecule has 0 radical (unpaired) electrons.